The van der Waals surface area contributed by atoms with Crippen molar-refractivity contribution in [3.63, 3.8) is 0 Å². The van der Waals surface area contributed by atoms with Crippen LogP contribution in [0.2, 0.25) is 0 Å². The van der Waals surface area contributed by atoms with Gasteiger partial charge in [-0.15, -0.1) is 0 Å². The minimum Gasteiger partial charge on any atom is -0.309 e. The van der Waals surface area contributed by atoms with Gasteiger partial charge in [0.1, 0.15) is 0 Å². The first-order chi connectivity index (χ1) is 25.3. The minimum atomic E-state index is 1.13. The summed E-state index contributed by atoms with van der Waals surface area (Å²) in [6.45, 7) is 0. The van der Waals surface area contributed by atoms with E-state index in [1.165, 1.54) is 76.5 Å². The second-order valence-corrected chi connectivity index (χ2v) is 13.4. The maximum absolute atomic E-state index is 2.45. The molecule has 0 unspecified atom stereocenters. The number of benzene rings is 8. The molecule has 0 aliphatic heterocycles. The average Bonchev–Trinajstić information content (AvgIpc) is 3.83. The molecule has 11 rings (SSSR count). The summed E-state index contributed by atoms with van der Waals surface area (Å²) in [7, 11) is 0. The van der Waals surface area contributed by atoms with Crippen LogP contribution in [0, 0.1) is 0 Å². The molecule has 0 N–H and O–H groups in total. The van der Waals surface area contributed by atoms with E-state index in [-0.39, 0.29) is 0 Å². The molecule has 51 heavy (non-hydrogen) atoms. The van der Waals surface area contributed by atoms with Gasteiger partial charge in [0, 0.05) is 49.4 Å². The van der Waals surface area contributed by atoms with Gasteiger partial charge in [0.05, 0.1) is 33.1 Å². The monoisotopic (exact) mass is 649 g/mol. The summed E-state index contributed by atoms with van der Waals surface area (Å²) in [6.07, 6.45) is 0. The van der Waals surface area contributed by atoms with E-state index in [1.54, 1.807) is 0 Å². The summed E-state index contributed by atoms with van der Waals surface area (Å²) in [5, 5.41) is 7.55. The molecule has 8 aromatic carbocycles. The molecule has 0 bridgehead atoms. The Labute approximate surface area is 294 Å². The van der Waals surface area contributed by atoms with Gasteiger partial charge in [0.25, 0.3) is 0 Å². The molecule has 3 heteroatoms. The van der Waals surface area contributed by atoms with Crippen molar-refractivity contribution in [3.05, 3.63) is 188 Å². The van der Waals surface area contributed by atoms with Crippen LogP contribution < -0.4 is 0 Å². The van der Waals surface area contributed by atoms with Crippen molar-refractivity contribution in [2.24, 2.45) is 0 Å². The molecular weight excluding hydrogens is 619 g/mol. The Balaban J connectivity index is 1.17. The number of fused-ring (bicyclic) bond motifs is 9. The second kappa shape index (κ2) is 10.8. The van der Waals surface area contributed by atoms with Gasteiger partial charge < -0.3 is 13.7 Å². The molecule has 11 aromatic rings. The number of rotatable bonds is 4. The van der Waals surface area contributed by atoms with Crippen LogP contribution in [0.4, 0.5) is 0 Å². The quantitative estimate of drug-likeness (QED) is 0.180. The Kier molecular flexibility index (Phi) is 5.96. The van der Waals surface area contributed by atoms with E-state index in [0.29, 0.717) is 0 Å². The van der Waals surface area contributed by atoms with E-state index in [9.17, 15) is 0 Å². The number of hydrogen-bond donors (Lipinski definition) is 0. The SMILES string of the molecule is c1ccc(-c2ccc(-n3c4ccccc4c4cc5c6ccccc6n(-c6cccc(-n7c8ccccc8c8ccccc87)c6)c5cc43)cc2)cc1. The van der Waals surface area contributed by atoms with Crippen molar-refractivity contribution in [1.29, 1.82) is 0 Å². The van der Waals surface area contributed by atoms with Crippen molar-refractivity contribution >= 4 is 65.4 Å². The molecule has 3 aromatic heterocycles. The minimum absolute atomic E-state index is 1.13. The van der Waals surface area contributed by atoms with Crippen LogP contribution in [0.15, 0.2) is 188 Å². The van der Waals surface area contributed by atoms with Gasteiger partial charge in [-0.2, -0.15) is 0 Å². The van der Waals surface area contributed by atoms with Gasteiger partial charge in [0.15, 0.2) is 0 Å². The Morgan fingerprint density at radius 2 is 0.608 bits per heavy atom. The summed E-state index contributed by atoms with van der Waals surface area (Å²) < 4.78 is 7.27. The Morgan fingerprint density at radius 3 is 1.12 bits per heavy atom. The zero-order valence-electron chi connectivity index (χ0n) is 27.7. The van der Waals surface area contributed by atoms with Crippen LogP contribution in [-0.2, 0) is 0 Å². The number of hydrogen-bond acceptors (Lipinski definition) is 0. The largest absolute Gasteiger partial charge is 0.309 e. The Morgan fingerprint density at radius 1 is 0.216 bits per heavy atom. The molecule has 0 saturated heterocycles. The lowest BCUT2D eigenvalue weighted by Gasteiger charge is -2.13. The first kappa shape index (κ1) is 28.0. The van der Waals surface area contributed by atoms with E-state index in [1.807, 2.05) is 0 Å². The van der Waals surface area contributed by atoms with Gasteiger partial charge in [-0.05, 0) is 77.9 Å². The Bertz CT molecular complexity index is 3070. The normalized spacial score (nSPS) is 11.9. The fourth-order valence-electron chi connectivity index (χ4n) is 8.39. The fraction of sp³-hybridized carbons (Fsp3) is 0. The molecule has 238 valence electrons. The van der Waals surface area contributed by atoms with Gasteiger partial charge >= 0.3 is 0 Å². The molecule has 0 amide bonds. The van der Waals surface area contributed by atoms with Crippen LogP contribution in [0.3, 0.4) is 0 Å². The van der Waals surface area contributed by atoms with Crippen LogP contribution in [0.1, 0.15) is 0 Å². The van der Waals surface area contributed by atoms with Crippen molar-refractivity contribution in [2.75, 3.05) is 0 Å². The maximum Gasteiger partial charge on any atom is 0.0562 e. The van der Waals surface area contributed by atoms with E-state index < -0.39 is 0 Å². The molecular formula is C48H31N3. The second-order valence-electron chi connectivity index (χ2n) is 13.4. The predicted molar refractivity (Wildman–Crippen MR) is 215 cm³/mol. The number of para-hydroxylation sites is 4. The van der Waals surface area contributed by atoms with Crippen LogP contribution >= 0.6 is 0 Å². The molecule has 3 heterocycles. The summed E-state index contributed by atoms with van der Waals surface area (Å²) >= 11 is 0. The number of nitrogens with zero attached hydrogens (tertiary/aromatic N) is 3. The van der Waals surface area contributed by atoms with Gasteiger partial charge in [-0.3, -0.25) is 0 Å². The summed E-state index contributed by atoms with van der Waals surface area (Å²) in [5.74, 6) is 0. The smallest absolute Gasteiger partial charge is 0.0562 e. The Hall–Kier alpha value is -6.84. The zero-order chi connectivity index (χ0) is 33.5. The van der Waals surface area contributed by atoms with Crippen LogP contribution in [0.25, 0.3) is 93.6 Å². The van der Waals surface area contributed by atoms with Crippen molar-refractivity contribution in [3.8, 4) is 28.2 Å². The molecule has 0 aliphatic rings. The highest BCUT2D eigenvalue weighted by atomic mass is 15.0. The van der Waals surface area contributed by atoms with Crippen molar-refractivity contribution in [1.82, 2.24) is 13.7 Å². The van der Waals surface area contributed by atoms with Gasteiger partial charge in [-0.25, -0.2) is 0 Å². The molecule has 0 spiro atoms. The third-order valence-corrected chi connectivity index (χ3v) is 10.6. The molecule has 0 saturated carbocycles. The highest BCUT2D eigenvalue weighted by molar-refractivity contribution is 6.19. The summed E-state index contributed by atoms with van der Waals surface area (Å²) in [6, 6.07) is 68.4. The molecule has 0 atom stereocenters. The summed E-state index contributed by atoms with van der Waals surface area (Å²) in [4.78, 5) is 0. The lowest BCUT2D eigenvalue weighted by Crippen LogP contribution is -1.99. The number of aromatic nitrogens is 3. The average molecular weight is 650 g/mol. The lowest BCUT2D eigenvalue weighted by atomic mass is 10.1. The standard InChI is InChI=1S/C48H31N3/c1-2-13-32(14-3-1)33-25-27-34(28-26-33)49-45-23-10-6-19-39(45)41-30-42-40-20-7-11-24-46(40)51(48(42)31-47(41)49)36-16-12-15-35(29-36)50-43-21-8-4-17-37(43)38-18-5-9-22-44(38)50/h1-31H. The first-order valence-corrected chi connectivity index (χ1v) is 17.5. The van der Waals surface area contributed by atoms with E-state index in [0.717, 1.165) is 17.1 Å². The molecule has 0 fully saturated rings. The first-order valence-electron chi connectivity index (χ1n) is 17.5. The van der Waals surface area contributed by atoms with Crippen LogP contribution in [0.5, 0.6) is 0 Å². The maximum atomic E-state index is 2.45. The van der Waals surface area contributed by atoms with E-state index in [2.05, 4.69) is 202 Å². The zero-order valence-corrected chi connectivity index (χ0v) is 27.7. The predicted octanol–water partition coefficient (Wildman–Crippen LogP) is 12.6. The van der Waals surface area contributed by atoms with Crippen LogP contribution in [-0.4, -0.2) is 13.7 Å². The van der Waals surface area contributed by atoms with Crippen molar-refractivity contribution in [2.45, 2.75) is 0 Å². The molecule has 0 aliphatic carbocycles. The molecule has 0 radical (unpaired) electrons. The highest BCUT2D eigenvalue weighted by Gasteiger charge is 2.19. The van der Waals surface area contributed by atoms with Gasteiger partial charge in [-0.1, -0.05) is 121 Å². The molecule has 3 nitrogen and oxygen atoms in total. The third-order valence-electron chi connectivity index (χ3n) is 10.6. The lowest BCUT2D eigenvalue weighted by molar-refractivity contribution is 1.13. The summed E-state index contributed by atoms with van der Waals surface area (Å²) in [5.41, 5.74) is 13.1. The van der Waals surface area contributed by atoms with Crippen molar-refractivity contribution < 1.29 is 0 Å². The van der Waals surface area contributed by atoms with Gasteiger partial charge in [0.2, 0.25) is 0 Å². The topological polar surface area (TPSA) is 14.8 Å². The highest BCUT2D eigenvalue weighted by Crippen LogP contribution is 2.40. The fourth-order valence-corrected chi connectivity index (χ4v) is 8.39. The third kappa shape index (κ3) is 4.12. The van der Waals surface area contributed by atoms with E-state index in [4.69, 9.17) is 0 Å². The van der Waals surface area contributed by atoms with E-state index >= 15 is 0 Å².